The minimum Gasteiger partial charge on any atom is -0.274 e. The first kappa shape index (κ1) is 13.9. The Balaban J connectivity index is 3.85. The van der Waals surface area contributed by atoms with Gasteiger partial charge in [-0.1, -0.05) is 0 Å². The van der Waals surface area contributed by atoms with E-state index in [1.807, 2.05) is 0 Å². The van der Waals surface area contributed by atoms with Gasteiger partial charge in [0.25, 0.3) is 0 Å². The molecule has 0 spiro atoms. The third-order valence-electron chi connectivity index (χ3n) is 2.02. The summed E-state index contributed by atoms with van der Waals surface area (Å²) in [7, 11) is 0. The normalized spacial score (nSPS) is 8.75. The fourth-order valence-electron chi connectivity index (χ4n) is 1.10. The van der Waals surface area contributed by atoms with Gasteiger partial charge in [-0.05, 0) is 12.8 Å². The first-order valence-electron chi connectivity index (χ1n) is 4.88. The van der Waals surface area contributed by atoms with Crippen LogP contribution in [0, 0.1) is 22.9 Å². The van der Waals surface area contributed by atoms with E-state index >= 15 is 0 Å². The van der Waals surface area contributed by atoms with Gasteiger partial charge in [0.1, 0.15) is 0 Å². The molecule has 0 heterocycles. The highest BCUT2D eigenvalue weighted by atomic mass is 16.2. The second kappa shape index (κ2) is 7.24. The van der Waals surface area contributed by atoms with Crippen LogP contribution in [-0.4, -0.2) is 34.7 Å². The first-order valence-corrected chi connectivity index (χ1v) is 4.88. The summed E-state index contributed by atoms with van der Waals surface area (Å²) in [6, 6.07) is 0. The van der Waals surface area contributed by atoms with Gasteiger partial charge in [-0.3, -0.25) is 9.59 Å². The molecule has 2 amide bonds. The van der Waals surface area contributed by atoms with Crippen LogP contribution in [0.4, 0.5) is 0 Å². The minimum atomic E-state index is -0.300. The Morgan fingerprint density at radius 2 is 1.25 bits per heavy atom. The molecule has 0 aromatic rings. The van der Waals surface area contributed by atoms with Crippen LogP contribution in [0.3, 0.4) is 0 Å². The van der Waals surface area contributed by atoms with Crippen molar-refractivity contribution in [2.45, 2.75) is 26.7 Å². The van der Waals surface area contributed by atoms with Gasteiger partial charge in [0, 0.05) is 26.9 Å². The maximum atomic E-state index is 10.9. The fourth-order valence-corrected chi connectivity index (χ4v) is 1.10. The summed E-state index contributed by atoms with van der Waals surface area (Å²) < 4.78 is 0. The Morgan fingerprint density at radius 1 is 0.938 bits per heavy atom. The van der Waals surface area contributed by atoms with Crippen molar-refractivity contribution >= 4 is 11.8 Å². The van der Waals surface area contributed by atoms with E-state index in [4.69, 9.17) is 10.5 Å². The summed E-state index contributed by atoms with van der Waals surface area (Å²) in [5.41, 5.74) is 0. The summed E-state index contributed by atoms with van der Waals surface area (Å²) >= 11 is 0. The standard InChI is InChI=1S/C10H14N4O2/c1-9(15)13(7-11)5-3-4-6-14(8-12)10(2)16/h3-6H2,1-2H3. The lowest BCUT2D eigenvalue weighted by atomic mass is 10.3. The van der Waals surface area contributed by atoms with E-state index in [9.17, 15) is 9.59 Å². The predicted octanol–water partition coefficient (Wildman–Crippen LogP) is 0.426. The zero-order chi connectivity index (χ0) is 12.6. The highest BCUT2D eigenvalue weighted by Gasteiger charge is 2.09. The molecule has 16 heavy (non-hydrogen) atoms. The van der Waals surface area contributed by atoms with Crippen molar-refractivity contribution < 1.29 is 9.59 Å². The molecule has 0 bridgehead atoms. The highest BCUT2D eigenvalue weighted by Crippen LogP contribution is 1.98. The number of hydrogen-bond donors (Lipinski definition) is 0. The number of carbonyl (C=O) groups excluding carboxylic acids is 2. The quantitative estimate of drug-likeness (QED) is 0.383. The van der Waals surface area contributed by atoms with Crippen molar-refractivity contribution in [3.8, 4) is 12.4 Å². The van der Waals surface area contributed by atoms with Crippen LogP contribution in [0.2, 0.25) is 0 Å². The van der Waals surface area contributed by atoms with Gasteiger partial charge in [-0.2, -0.15) is 10.5 Å². The lowest BCUT2D eigenvalue weighted by Gasteiger charge is -2.13. The largest absolute Gasteiger partial charge is 0.274 e. The van der Waals surface area contributed by atoms with E-state index in [0.717, 1.165) is 9.80 Å². The smallest absolute Gasteiger partial charge is 0.232 e. The molecule has 0 fully saturated rings. The van der Waals surface area contributed by atoms with Crippen molar-refractivity contribution in [1.82, 2.24) is 9.80 Å². The summed E-state index contributed by atoms with van der Waals surface area (Å²) in [5.74, 6) is -0.600. The third kappa shape index (κ3) is 4.97. The van der Waals surface area contributed by atoms with Gasteiger partial charge in [0.2, 0.25) is 11.8 Å². The summed E-state index contributed by atoms with van der Waals surface area (Å²) in [5, 5.41) is 17.2. The third-order valence-corrected chi connectivity index (χ3v) is 2.02. The number of amides is 2. The molecule has 0 saturated heterocycles. The van der Waals surface area contributed by atoms with Crippen LogP contribution in [0.1, 0.15) is 26.7 Å². The molecule has 0 rings (SSSR count). The van der Waals surface area contributed by atoms with Crippen molar-refractivity contribution in [2.75, 3.05) is 13.1 Å². The van der Waals surface area contributed by atoms with Crippen molar-refractivity contribution in [1.29, 1.82) is 10.5 Å². The van der Waals surface area contributed by atoms with Crippen molar-refractivity contribution in [3.63, 3.8) is 0 Å². The van der Waals surface area contributed by atoms with E-state index in [-0.39, 0.29) is 11.8 Å². The summed E-state index contributed by atoms with van der Waals surface area (Å²) in [6.07, 6.45) is 4.69. The number of nitriles is 2. The molecular formula is C10H14N4O2. The van der Waals surface area contributed by atoms with Crippen molar-refractivity contribution in [2.24, 2.45) is 0 Å². The van der Waals surface area contributed by atoms with Gasteiger partial charge >= 0.3 is 0 Å². The number of rotatable bonds is 5. The van der Waals surface area contributed by atoms with Crippen LogP contribution in [0.5, 0.6) is 0 Å². The van der Waals surface area contributed by atoms with Crippen LogP contribution < -0.4 is 0 Å². The topological polar surface area (TPSA) is 88.2 Å². The van der Waals surface area contributed by atoms with E-state index < -0.39 is 0 Å². The Bertz CT molecular complexity index is 306. The van der Waals surface area contributed by atoms with Gasteiger partial charge in [-0.25, -0.2) is 9.80 Å². The molecule has 6 heteroatoms. The molecule has 86 valence electrons. The second-order valence-corrected chi connectivity index (χ2v) is 3.25. The fraction of sp³-hybridized carbons (Fsp3) is 0.600. The molecule has 0 radical (unpaired) electrons. The Labute approximate surface area is 94.7 Å². The molecule has 0 aliphatic heterocycles. The Morgan fingerprint density at radius 3 is 1.44 bits per heavy atom. The monoisotopic (exact) mass is 222 g/mol. The average molecular weight is 222 g/mol. The average Bonchev–Trinajstić information content (AvgIpc) is 2.22. The maximum Gasteiger partial charge on any atom is 0.232 e. The molecule has 0 aliphatic rings. The maximum absolute atomic E-state index is 10.9. The summed E-state index contributed by atoms with van der Waals surface area (Å²) in [6.45, 7) is 3.28. The van der Waals surface area contributed by atoms with Crippen LogP contribution in [0.15, 0.2) is 0 Å². The van der Waals surface area contributed by atoms with Gasteiger partial charge < -0.3 is 0 Å². The zero-order valence-corrected chi connectivity index (χ0v) is 9.43. The van der Waals surface area contributed by atoms with E-state index in [2.05, 4.69) is 0 Å². The first-order chi connectivity index (χ1) is 7.52. The number of hydrogen-bond acceptors (Lipinski definition) is 4. The molecule has 6 nitrogen and oxygen atoms in total. The second-order valence-electron chi connectivity index (χ2n) is 3.25. The van der Waals surface area contributed by atoms with Gasteiger partial charge in [0.15, 0.2) is 12.4 Å². The molecule has 0 aliphatic carbocycles. The van der Waals surface area contributed by atoms with Crippen LogP contribution in [-0.2, 0) is 9.59 Å². The van der Waals surface area contributed by atoms with Gasteiger partial charge in [0.05, 0.1) is 0 Å². The highest BCUT2D eigenvalue weighted by molar-refractivity contribution is 5.75. The van der Waals surface area contributed by atoms with Crippen LogP contribution in [0.25, 0.3) is 0 Å². The zero-order valence-electron chi connectivity index (χ0n) is 9.43. The lowest BCUT2D eigenvalue weighted by Crippen LogP contribution is -2.27. The molecule has 0 aromatic carbocycles. The van der Waals surface area contributed by atoms with Gasteiger partial charge in [-0.15, -0.1) is 0 Å². The van der Waals surface area contributed by atoms with E-state index in [0.29, 0.717) is 25.9 Å². The van der Waals surface area contributed by atoms with Crippen molar-refractivity contribution in [3.05, 3.63) is 0 Å². The molecule has 0 aromatic heterocycles. The minimum absolute atomic E-state index is 0.300. The number of nitrogens with zero attached hydrogens (tertiary/aromatic N) is 4. The Hall–Kier alpha value is -2.08. The predicted molar refractivity (Wildman–Crippen MR) is 55.2 cm³/mol. The summed E-state index contributed by atoms with van der Waals surface area (Å²) in [4.78, 5) is 23.8. The molecule has 0 saturated carbocycles. The van der Waals surface area contributed by atoms with E-state index in [1.165, 1.54) is 13.8 Å². The molecular weight excluding hydrogens is 208 g/mol. The molecule has 0 atom stereocenters. The molecule has 0 N–H and O–H groups in total. The molecule has 0 unspecified atom stereocenters. The number of unbranched alkanes of at least 4 members (excludes halogenated alkanes) is 1. The SMILES string of the molecule is CC(=O)N(C#N)CCCCN(C#N)C(C)=O. The Kier molecular flexibility index (Phi) is 6.30. The number of carbonyl (C=O) groups is 2. The van der Waals surface area contributed by atoms with E-state index in [1.54, 1.807) is 12.4 Å². The lowest BCUT2D eigenvalue weighted by molar-refractivity contribution is -0.127. The van der Waals surface area contributed by atoms with Crippen LogP contribution >= 0.6 is 0 Å².